The molecule has 0 atom stereocenters. The molecule has 0 bridgehead atoms. The fraction of sp³-hybridized carbons (Fsp3) is 0.375. The summed E-state index contributed by atoms with van der Waals surface area (Å²) in [5.41, 5.74) is 9.94. The molecule has 5 nitrogen and oxygen atoms in total. The van der Waals surface area contributed by atoms with Crippen LogP contribution in [0.4, 0.5) is 17.1 Å². The third kappa shape index (κ3) is 3.71. The molecule has 0 aliphatic heterocycles. The Kier molecular flexibility index (Phi) is 5.65. The SMILES string of the molecule is CN(C)c1csc(-c2cc(N(CCO)CCO)ccc2N)c1. The first kappa shape index (κ1) is 16.6. The van der Waals surface area contributed by atoms with Gasteiger partial charge < -0.3 is 25.7 Å². The fourth-order valence-corrected chi connectivity index (χ4v) is 3.29. The highest BCUT2D eigenvalue weighted by Crippen LogP contribution is 2.36. The lowest BCUT2D eigenvalue weighted by Crippen LogP contribution is -2.29. The highest BCUT2D eigenvalue weighted by atomic mass is 32.1. The van der Waals surface area contributed by atoms with E-state index in [1.54, 1.807) is 11.3 Å². The van der Waals surface area contributed by atoms with Crippen LogP contribution in [-0.4, -0.2) is 50.6 Å². The van der Waals surface area contributed by atoms with E-state index in [1.165, 1.54) is 0 Å². The summed E-state index contributed by atoms with van der Waals surface area (Å²) >= 11 is 1.65. The van der Waals surface area contributed by atoms with Crippen molar-refractivity contribution < 1.29 is 10.2 Å². The van der Waals surface area contributed by atoms with Crippen molar-refractivity contribution in [3.05, 3.63) is 29.6 Å². The predicted octanol–water partition coefficient (Wildman–Crippen LogP) is 1.85. The maximum Gasteiger partial charge on any atom is 0.0606 e. The highest BCUT2D eigenvalue weighted by molar-refractivity contribution is 7.14. The molecule has 2 aromatic rings. The average molecular weight is 321 g/mol. The maximum absolute atomic E-state index is 9.18. The van der Waals surface area contributed by atoms with Crippen LogP contribution in [0.25, 0.3) is 10.4 Å². The van der Waals surface area contributed by atoms with Gasteiger partial charge >= 0.3 is 0 Å². The van der Waals surface area contributed by atoms with Crippen molar-refractivity contribution in [1.29, 1.82) is 0 Å². The Labute approximate surface area is 135 Å². The first-order valence-electron chi connectivity index (χ1n) is 7.19. The summed E-state index contributed by atoms with van der Waals surface area (Å²) in [5, 5.41) is 20.5. The van der Waals surface area contributed by atoms with Crippen molar-refractivity contribution in [1.82, 2.24) is 0 Å². The van der Waals surface area contributed by atoms with Crippen molar-refractivity contribution in [2.45, 2.75) is 0 Å². The van der Waals surface area contributed by atoms with Crippen molar-refractivity contribution in [3.8, 4) is 10.4 Å². The zero-order chi connectivity index (χ0) is 16.1. The molecule has 0 saturated carbocycles. The van der Waals surface area contributed by atoms with E-state index in [9.17, 15) is 10.2 Å². The van der Waals surface area contributed by atoms with Crippen LogP contribution in [0.2, 0.25) is 0 Å². The Hall–Kier alpha value is -1.76. The molecule has 1 aromatic heterocycles. The Balaban J connectivity index is 2.36. The lowest BCUT2D eigenvalue weighted by molar-refractivity contribution is 0.281. The minimum absolute atomic E-state index is 0.0451. The Bertz CT molecular complexity index is 607. The molecule has 0 unspecified atom stereocenters. The van der Waals surface area contributed by atoms with Gasteiger partial charge in [0.25, 0.3) is 0 Å². The van der Waals surface area contributed by atoms with Crippen LogP contribution in [0.3, 0.4) is 0 Å². The van der Waals surface area contributed by atoms with Crippen LogP contribution < -0.4 is 15.5 Å². The van der Waals surface area contributed by atoms with Gasteiger partial charge in [0.2, 0.25) is 0 Å². The van der Waals surface area contributed by atoms with E-state index in [1.807, 2.05) is 37.2 Å². The first-order valence-corrected chi connectivity index (χ1v) is 8.07. The molecule has 2 rings (SSSR count). The number of anilines is 3. The summed E-state index contributed by atoms with van der Waals surface area (Å²) in [7, 11) is 4.02. The fourth-order valence-electron chi connectivity index (χ4n) is 2.27. The number of nitrogen functional groups attached to an aromatic ring is 1. The Morgan fingerprint density at radius 3 is 2.27 bits per heavy atom. The summed E-state index contributed by atoms with van der Waals surface area (Å²) in [4.78, 5) is 5.11. The topological polar surface area (TPSA) is 73.0 Å². The van der Waals surface area contributed by atoms with E-state index in [-0.39, 0.29) is 13.2 Å². The van der Waals surface area contributed by atoms with E-state index >= 15 is 0 Å². The van der Waals surface area contributed by atoms with Gasteiger partial charge in [0.1, 0.15) is 0 Å². The molecule has 0 aliphatic carbocycles. The van der Waals surface area contributed by atoms with E-state index < -0.39 is 0 Å². The molecule has 0 saturated heterocycles. The quantitative estimate of drug-likeness (QED) is 0.679. The van der Waals surface area contributed by atoms with Gasteiger partial charge in [-0.1, -0.05) is 0 Å². The molecule has 0 aliphatic rings. The predicted molar refractivity (Wildman–Crippen MR) is 94.9 cm³/mol. The van der Waals surface area contributed by atoms with Gasteiger partial charge in [0.05, 0.1) is 13.2 Å². The van der Waals surface area contributed by atoms with Gasteiger partial charge in [-0.3, -0.25) is 0 Å². The van der Waals surface area contributed by atoms with Gasteiger partial charge in [0, 0.05) is 60.1 Å². The molecule has 1 aromatic carbocycles. The van der Waals surface area contributed by atoms with Crippen molar-refractivity contribution >= 4 is 28.4 Å². The molecule has 0 amide bonds. The lowest BCUT2D eigenvalue weighted by Gasteiger charge is -2.23. The van der Waals surface area contributed by atoms with Crippen molar-refractivity contribution in [2.24, 2.45) is 0 Å². The molecule has 0 spiro atoms. The van der Waals surface area contributed by atoms with Gasteiger partial charge in [-0.25, -0.2) is 0 Å². The number of thiophene rings is 1. The maximum atomic E-state index is 9.18. The second-order valence-corrected chi connectivity index (χ2v) is 6.18. The highest BCUT2D eigenvalue weighted by Gasteiger charge is 2.11. The summed E-state index contributed by atoms with van der Waals surface area (Å²) in [5.74, 6) is 0. The van der Waals surface area contributed by atoms with Crippen molar-refractivity contribution in [2.75, 3.05) is 55.9 Å². The molecule has 6 heteroatoms. The van der Waals surface area contributed by atoms with Crippen molar-refractivity contribution in [3.63, 3.8) is 0 Å². The van der Waals surface area contributed by atoms with Crippen LogP contribution >= 0.6 is 11.3 Å². The monoisotopic (exact) mass is 321 g/mol. The average Bonchev–Trinajstić information content (AvgIpc) is 2.97. The third-order valence-electron chi connectivity index (χ3n) is 3.51. The minimum atomic E-state index is 0.0451. The number of rotatable bonds is 7. The van der Waals surface area contributed by atoms with Crippen LogP contribution in [0.15, 0.2) is 29.6 Å². The number of aliphatic hydroxyl groups excluding tert-OH is 2. The number of hydrogen-bond acceptors (Lipinski definition) is 6. The standard InChI is InChI=1S/C16H23N3O2S/c1-18(2)13-10-16(22-11-13)14-9-12(3-4-15(14)17)19(5-7-20)6-8-21/h3-4,9-11,20-21H,5-8,17H2,1-2H3. The minimum Gasteiger partial charge on any atom is -0.398 e. The van der Waals surface area contributed by atoms with Gasteiger partial charge in [-0.05, 0) is 24.3 Å². The second-order valence-electron chi connectivity index (χ2n) is 5.27. The number of nitrogens with zero attached hydrogens (tertiary/aromatic N) is 2. The first-order chi connectivity index (χ1) is 10.6. The van der Waals surface area contributed by atoms with Crippen LogP contribution in [-0.2, 0) is 0 Å². The van der Waals surface area contributed by atoms with E-state index in [2.05, 4.69) is 16.3 Å². The van der Waals surface area contributed by atoms with Crippen LogP contribution in [0, 0.1) is 0 Å². The summed E-state index contributed by atoms with van der Waals surface area (Å²) in [6.45, 7) is 1.06. The van der Waals surface area contributed by atoms with Crippen LogP contribution in [0.5, 0.6) is 0 Å². The largest absolute Gasteiger partial charge is 0.398 e. The number of benzene rings is 1. The third-order valence-corrected chi connectivity index (χ3v) is 4.46. The summed E-state index contributed by atoms with van der Waals surface area (Å²) in [6.07, 6.45) is 0. The molecule has 120 valence electrons. The van der Waals surface area contributed by atoms with Gasteiger partial charge in [0.15, 0.2) is 0 Å². The zero-order valence-corrected chi connectivity index (χ0v) is 13.8. The molecule has 0 radical (unpaired) electrons. The van der Waals surface area contributed by atoms with E-state index in [0.717, 1.165) is 27.5 Å². The number of aliphatic hydroxyl groups is 2. The second kappa shape index (κ2) is 7.49. The molecule has 4 N–H and O–H groups in total. The lowest BCUT2D eigenvalue weighted by atomic mass is 10.1. The molecule has 22 heavy (non-hydrogen) atoms. The van der Waals surface area contributed by atoms with Crippen LogP contribution in [0.1, 0.15) is 0 Å². The van der Waals surface area contributed by atoms with Gasteiger partial charge in [-0.2, -0.15) is 0 Å². The Morgan fingerprint density at radius 2 is 1.73 bits per heavy atom. The van der Waals surface area contributed by atoms with Gasteiger partial charge in [-0.15, -0.1) is 11.3 Å². The van der Waals surface area contributed by atoms with E-state index in [4.69, 9.17) is 5.73 Å². The molecule has 1 heterocycles. The number of hydrogen-bond donors (Lipinski definition) is 3. The summed E-state index contributed by atoms with van der Waals surface area (Å²) < 4.78 is 0. The van der Waals surface area contributed by atoms with E-state index in [0.29, 0.717) is 13.1 Å². The molecular formula is C16H23N3O2S. The summed E-state index contributed by atoms with van der Waals surface area (Å²) in [6, 6.07) is 7.93. The molecular weight excluding hydrogens is 298 g/mol. The number of nitrogens with two attached hydrogens (primary N) is 1. The smallest absolute Gasteiger partial charge is 0.0606 e. The normalized spacial score (nSPS) is 10.7. The zero-order valence-electron chi connectivity index (χ0n) is 13.0. The molecule has 0 fully saturated rings. The Morgan fingerprint density at radius 1 is 1.05 bits per heavy atom.